The van der Waals surface area contributed by atoms with Gasteiger partial charge in [0, 0.05) is 0 Å². The van der Waals surface area contributed by atoms with Gasteiger partial charge in [0.1, 0.15) is 11.5 Å². The molecule has 5 rings (SSSR count). The molecule has 2 heteroatoms. The first-order valence-electron chi connectivity index (χ1n) is 18.5. The van der Waals surface area contributed by atoms with Crippen molar-refractivity contribution in [1.29, 1.82) is 0 Å². The molecular weight excluding hydrogens is 585 g/mol. The van der Waals surface area contributed by atoms with Crippen LogP contribution in [0.25, 0.3) is 45.8 Å². The fourth-order valence-corrected chi connectivity index (χ4v) is 6.41. The highest BCUT2D eigenvalue weighted by atomic mass is 16.5. The summed E-state index contributed by atoms with van der Waals surface area (Å²) in [6, 6.07) is 34.5. The Morgan fingerprint density at radius 2 is 0.708 bits per heavy atom. The molecule has 2 nitrogen and oxygen atoms in total. The van der Waals surface area contributed by atoms with Crippen molar-refractivity contribution in [2.75, 3.05) is 13.2 Å². The number of ether oxygens (including phenoxy) is 2. The molecule has 5 aromatic rings. The first-order valence-corrected chi connectivity index (χ1v) is 18.5. The lowest BCUT2D eigenvalue weighted by Crippen LogP contribution is -1.97. The van der Waals surface area contributed by atoms with Crippen LogP contribution in [-0.2, 0) is 0 Å². The highest BCUT2D eigenvalue weighted by Crippen LogP contribution is 2.35. The fraction of sp³-hybridized carbons (Fsp3) is 0.348. The predicted octanol–water partition coefficient (Wildman–Crippen LogP) is 13.8. The molecule has 0 aliphatic rings. The molecular formula is C46H54O2. The number of hydrogen-bond acceptors (Lipinski definition) is 2. The molecule has 48 heavy (non-hydrogen) atoms. The second-order valence-electron chi connectivity index (χ2n) is 13.0. The first kappa shape index (κ1) is 35.0. The number of unbranched alkanes of at least 4 members (excludes halogenated alkanes) is 10. The van der Waals surface area contributed by atoms with E-state index in [2.05, 4.69) is 135 Å². The Kier molecular flexibility index (Phi) is 14.2. The average Bonchev–Trinajstić information content (AvgIpc) is 3.13. The Bertz CT molecular complexity index is 1540. The second-order valence-corrected chi connectivity index (χ2v) is 13.0. The molecule has 0 bridgehead atoms. The molecule has 5 aromatic carbocycles. The Morgan fingerprint density at radius 1 is 0.375 bits per heavy atom. The summed E-state index contributed by atoms with van der Waals surface area (Å²) in [6.45, 7) is 6.10. The molecule has 250 valence electrons. The molecule has 0 radical (unpaired) electrons. The van der Waals surface area contributed by atoms with Gasteiger partial charge in [0.25, 0.3) is 0 Å². The predicted molar refractivity (Wildman–Crippen MR) is 210 cm³/mol. The van der Waals surface area contributed by atoms with Crippen LogP contribution in [0.5, 0.6) is 11.5 Å². The summed E-state index contributed by atoms with van der Waals surface area (Å²) in [4.78, 5) is 0. The van der Waals surface area contributed by atoms with Gasteiger partial charge in [0.05, 0.1) is 13.2 Å². The first-order chi connectivity index (χ1) is 23.8. The lowest BCUT2D eigenvalue weighted by molar-refractivity contribution is 0.304. The monoisotopic (exact) mass is 638 g/mol. The van der Waals surface area contributed by atoms with Crippen LogP contribution in [0.4, 0.5) is 0 Å². The zero-order valence-corrected chi connectivity index (χ0v) is 29.3. The maximum Gasteiger partial charge on any atom is 0.119 e. The summed E-state index contributed by atoms with van der Waals surface area (Å²) in [5.74, 6) is 1.89. The van der Waals surface area contributed by atoms with Crippen LogP contribution in [0.3, 0.4) is 0 Å². The average molecular weight is 639 g/mol. The third-order valence-corrected chi connectivity index (χ3v) is 9.19. The molecule has 0 heterocycles. The molecule has 0 fully saturated rings. The van der Waals surface area contributed by atoms with Crippen molar-refractivity contribution >= 4 is 45.8 Å². The van der Waals surface area contributed by atoms with E-state index in [1.165, 1.54) is 108 Å². The van der Waals surface area contributed by atoms with Crippen LogP contribution in [0.1, 0.15) is 113 Å². The number of benzene rings is 5. The van der Waals surface area contributed by atoms with Gasteiger partial charge in [0.2, 0.25) is 0 Å². The summed E-state index contributed by atoms with van der Waals surface area (Å²) >= 11 is 0. The van der Waals surface area contributed by atoms with Crippen LogP contribution >= 0.6 is 0 Å². The van der Waals surface area contributed by atoms with E-state index in [0.29, 0.717) is 0 Å². The van der Waals surface area contributed by atoms with Crippen molar-refractivity contribution in [2.45, 2.75) is 90.9 Å². The quantitative estimate of drug-likeness (QED) is 0.0480. The molecule has 0 amide bonds. The Labute approximate surface area is 289 Å². The standard InChI is InChI=1S/C46H54O2/c1-3-5-7-9-11-17-35-47-39-29-23-37(24-30-39)27-33-45-41-19-13-15-21-43(41)46(44-22-16-14-20-42(44)45)34-28-38-25-31-40(32-26-38)48-36-18-12-10-8-6-4-2/h13-16,19-34H,3-12,17-18,35-36H2,1-2H3/b33-27+,34-28+. The van der Waals surface area contributed by atoms with E-state index in [9.17, 15) is 0 Å². The zero-order valence-electron chi connectivity index (χ0n) is 29.3. The molecule has 0 spiro atoms. The minimum absolute atomic E-state index is 0.791. The van der Waals surface area contributed by atoms with Crippen molar-refractivity contribution in [3.63, 3.8) is 0 Å². The third-order valence-electron chi connectivity index (χ3n) is 9.19. The normalized spacial score (nSPS) is 11.7. The van der Waals surface area contributed by atoms with E-state index >= 15 is 0 Å². The Morgan fingerprint density at radius 3 is 1.06 bits per heavy atom. The van der Waals surface area contributed by atoms with E-state index in [1.54, 1.807) is 0 Å². The maximum atomic E-state index is 6.02. The molecule has 0 aromatic heterocycles. The smallest absolute Gasteiger partial charge is 0.119 e. The van der Waals surface area contributed by atoms with Gasteiger partial charge < -0.3 is 9.47 Å². The van der Waals surface area contributed by atoms with E-state index < -0.39 is 0 Å². The lowest BCUT2D eigenvalue weighted by atomic mass is 9.91. The van der Waals surface area contributed by atoms with Crippen LogP contribution in [0.2, 0.25) is 0 Å². The molecule has 0 saturated carbocycles. The maximum absolute atomic E-state index is 6.02. The summed E-state index contributed by atoms with van der Waals surface area (Å²) in [5, 5.41) is 5.02. The van der Waals surface area contributed by atoms with Gasteiger partial charge in [-0.25, -0.2) is 0 Å². The Hall–Kier alpha value is -4.30. The minimum atomic E-state index is 0.791. The van der Waals surface area contributed by atoms with Crippen molar-refractivity contribution in [3.8, 4) is 11.5 Å². The van der Waals surface area contributed by atoms with Gasteiger partial charge in [-0.15, -0.1) is 0 Å². The summed E-state index contributed by atoms with van der Waals surface area (Å²) < 4.78 is 12.0. The Balaban J connectivity index is 1.27. The van der Waals surface area contributed by atoms with Crippen molar-refractivity contribution in [3.05, 3.63) is 119 Å². The number of rotatable bonds is 20. The fourth-order valence-electron chi connectivity index (χ4n) is 6.41. The molecule has 0 unspecified atom stereocenters. The van der Waals surface area contributed by atoms with Crippen LogP contribution in [0, 0.1) is 0 Å². The largest absolute Gasteiger partial charge is 0.494 e. The van der Waals surface area contributed by atoms with Gasteiger partial charge in [-0.1, -0.05) is 175 Å². The number of hydrogen-bond donors (Lipinski definition) is 0. The molecule has 0 aliphatic heterocycles. The van der Waals surface area contributed by atoms with E-state index in [1.807, 2.05) is 0 Å². The van der Waals surface area contributed by atoms with Crippen molar-refractivity contribution in [1.82, 2.24) is 0 Å². The zero-order chi connectivity index (χ0) is 33.2. The van der Waals surface area contributed by atoms with Crippen LogP contribution < -0.4 is 9.47 Å². The molecule has 0 N–H and O–H groups in total. The highest BCUT2D eigenvalue weighted by Gasteiger charge is 2.10. The van der Waals surface area contributed by atoms with Crippen molar-refractivity contribution < 1.29 is 9.47 Å². The van der Waals surface area contributed by atoms with E-state index in [4.69, 9.17) is 9.47 Å². The summed E-state index contributed by atoms with van der Waals surface area (Å²) in [7, 11) is 0. The van der Waals surface area contributed by atoms with Gasteiger partial charge in [-0.3, -0.25) is 0 Å². The van der Waals surface area contributed by atoms with Crippen molar-refractivity contribution in [2.24, 2.45) is 0 Å². The third kappa shape index (κ3) is 10.3. The van der Waals surface area contributed by atoms with Gasteiger partial charge >= 0.3 is 0 Å². The molecule has 0 aliphatic carbocycles. The SMILES string of the molecule is CCCCCCCCOc1ccc(/C=C/c2c3ccccc3c(/C=C/c3ccc(OCCCCCCCC)cc3)c3ccccc23)cc1. The topological polar surface area (TPSA) is 18.5 Å². The lowest BCUT2D eigenvalue weighted by Gasteiger charge is -2.13. The number of fused-ring (bicyclic) bond motifs is 2. The van der Waals surface area contributed by atoms with Gasteiger partial charge in [-0.2, -0.15) is 0 Å². The second kappa shape index (κ2) is 19.5. The van der Waals surface area contributed by atoms with Gasteiger partial charge in [-0.05, 0) is 80.9 Å². The van der Waals surface area contributed by atoms with Crippen LogP contribution in [0.15, 0.2) is 97.1 Å². The van der Waals surface area contributed by atoms with Crippen LogP contribution in [-0.4, -0.2) is 13.2 Å². The highest BCUT2D eigenvalue weighted by molar-refractivity contribution is 6.14. The van der Waals surface area contributed by atoms with E-state index in [0.717, 1.165) is 37.6 Å². The minimum Gasteiger partial charge on any atom is -0.494 e. The molecule has 0 saturated heterocycles. The molecule has 0 atom stereocenters. The summed E-state index contributed by atoms with van der Waals surface area (Å²) in [6.07, 6.45) is 24.3. The van der Waals surface area contributed by atoms with E-state index in [-0.39, 0.29) is 0 Å². The van der Waals surface area contributed by atoms with Gasteiger partial charge in [0.15, 0.2) is 0 Å². The summed E-state index contributed by atoms with van der Waals surface area (Å²) in [5.41, 5.74) is 4.82.